The molecular formula is C13H5Cl2N5OS. The molecule has 0 bridgehead atoms. The van der Waals surface area contributed by atoms with Crippen molar-refractivity contribution in [2.75, 3.05) is 0 Å². The van der Waals surface area contributed by atoms with Crippen molar-refractivity contribution in [2.45, 2.75) is 0 Å². The van der Waals surface area contributed by atoms with E-state index in [4.69, 9.17) is 28.5 Å². The number of nitrogens with zero attached hydrogens (tertiary/aromatic N) is 5. The van der Waals surface area contributed by atoms with Crippen LogP contribution in [0.1, 0.15) is 5.56 Å². The molecule has 3 aromatic rings. The first-order valence-electron chi connectivity index (χ1n) is 5.84. The van der Waals surface area contributed by atoms with Gasteiger partial charge in [0.2, 0.25) is 0 Å². The van der Waals surface area contributed by atoms with E-state index in [0.29, 0.717) is 27.3 Å². The first-order valence-corrected chi connectivity index (χ1v) is 7.36. The van der Waals surface area contributed by atoms with Crippen molar-refractivity contribution < 1.29 is 5.11 Å². The van der Waals surface area contributed by atoms with Crippen LogP contribution < -0.4 is 0 Å². The summed E-state index contributed by atoms with van der Waals surface area (Å²) in [6.07, 6.45) is 1.44. The Morgan fingerprint density at radius 2 is 2.00 bits per heavy atom. The van der Waals surface area contributed by atoms with Crippen LogP contribution in [0.5, 0.6) is 5.75 Å². The highest BCUT2D eigenvalue weighted by Gasteiger charge is 2.09. The monoisotopic (exact) mass is 349 g/mol. The minimum absolute atomic E-state index is 0.126. The molecular weight excluding hydrogens is 345 g/mol. The Morgan fingerprint density at radius 1 is 1.18 bits per heavy atom. The van der Waals surface area contributed by atoms with Crippen molar-refractivity contribution in [2.24, 2.45) is 10.2 Å². The molecule has 1 N–H and O–H groups in total. The van der Waals surface area contributed by atoms with E-state index >= 15 is 0 Å². The summed E-state index contributed by atoms with van der Waals surface area (Å²) in [5.74, 6) is -0.128. The number of hydrogen-bond donors (Lipinski definition) is 1. The molecule has 22 heavy (non-hydrogen) atoms. The standard InChI is InChI=1S/C13H5Cl2N5OS/c14-8-3-11(21)9(15)2-10(8)18-19-13-7-1-6(4-16)5-17-12(7)20-22-13/h1-3,5,21H. The molecule has 0 aliphatic rings. The number of hydrogen-bond acceptors (Lipinski definition) is 7. The Bertz CT molecular complexity index is 947. The molecule has 3 rings (SSSR count). The molecule has 0 atom stereocenters. The molecule has 2 aromatic heterocycles. The minimum atomic E-state index is -0.128. The lowest BCUT2D eigenvalue weighted by atomic mass is 10.2. The van der Waals surface area contributed by atoms with Gasteiger partial charge in [0.25, 0.3) is 0 Å². The van der Waals surface area contributed by atoms with Gasteiger partial charge in [-0.15, -0.1) is 10.2 Å². The highest BCUT2D eigenvalue weighted by atomic mass is 35.5. The van der Waals surface area contributed by atoms with Gasteiger partial charge in [0, 0.05) is 12.3 Å². The molecule has 0 unspecified atom stereocenters. The molecule has 0 saturated carbocycles. The summed E-state index contributed by atoms with van der Waals surface area (Å²) in [6, 6.07) is 6.35. The molecule has 108 valence electrons. The number of aromatic nitrogens is 2. The van der Waals surface area contributed by atoms with Crippen LogP contribution in [0.4, 0.5) is 10.7 Å². The number of nitriles is 1. The Morgan fingerprint density at radius 3 is 2.77 bits per heavy atom. The Balaban J connectivity index is 2.03. The molecule has 0 saturated heterocycles. The van der Waals surface area contributed by atoms with Crippen LogP contribution >= 0.6 is 34.7 Å². The second kappa shape index (κ2) is 5.85. The van der Waals surface area contributed by atoms with E-state index < -0.39 is 0 Å². The summed E-state index contributed by atoms with van der Waals surface area (Å²) in [4.78, 5) is 4.07. The molecule has 0 fully saturated rings. The van der Waals surface area contributed by atoms with Crippen LogP contribution in [0, 0.1) is 11.3 Å². The third kappa shape index (κ3) is 2.72. The molecule has 1 aromatic carbocycles. The number of phenolic OH excluding ortho intramolecular Hbond substituents is 1. The second-order valence-corrected chi connectivity index (χ2v) is 5.72. The number of aromatic hydroxyl groups is 1. The fourth-order valence-corrected chi connectivity index (χ4v) is 2.66. The van der Waals surface area contributed by atoms with Gasteiger partial charge in [-0.2, -0.15) is 9.64 Å². The zero-order chi connectivity index (χ0) is 15.7. The number of benzene rings is 1. The van der Waals surface area contributed by atoms with E-state index in [1.54, 1.807) is 6.07 Å². The zero-order valence-corrected chi connectivity index (χ0v) is 13.0. The van der Waals surface area contributed by atoms with E-state index in [1.165, 1.54) is 18.3 Å². The van der Waals surface area contributed by atoms with Crippen molar-refractivity contribution in [3.63, 3.8) is 0 Å². The van der Waals surface area contributed by atoms with Gasteiger partial charge in [0.15, 0.2) is 10.6 Å². The molecule has 0 aliphatic carbocycles. The summed E-state index contributed by atoms with van der Waals surface area (Å²) >= 11 is 12.9. The van der Waals surface area contributed by atoms with E-state index in [9.17, 15) is 5.11 Å². The van der Waals surface area contributed by atoms with Crippen LogP contribution in [0.15, 0.2) is 34.6 Å². The van der Waals surface area contributed by atoms with Gasteiger partial charge in [-0.05, 0) is 23.7 Å². The largest absolute Gasteiger partial charge is 0.506 e. The molecule has 9 heteroatoms. The summed E-state index contributed by atoms with van der Waals surface area (Å²) in [7, 11) is 0. The van der Waals surface area contributed by atoms with Crippen LogP contribution in [0.25, 0.3) is 11.0 Å². The van der Waals surface area contributed by atoms with Gasteiger partial charge in [0.05, 0.1) is 21.0 Å². The maximum absolute atomic E-state index is 9.44. The average molecular weight is 350 g/mol. The molecule has 2 heterocycles. The van der Waals surface area contributed by atoms with Gasteiger partial charge in [-0.25, -0.2) is 4.98 Å². The topological polar surface area (TPSA) is 94.5 Å². The number of fused-ring (bicyclic) bond motifs is 1. The van der Waals surface area contributed by atoms with E-state index in [0.717, 1.165) is 11.5 Å². The first kappa shape index (κ1) is 14.7. The number of rotatable bonds is 2. The SMILES string of the molecule is N#Cc1cnc2nsc(N=Nc3cc(Cl)c(O)cc3Cl)c2c1. The zero-order valence-electron chi connectivity index (χ0n) is 10.7. The maximum Gasteiger partial charge on any atom is 0.175 e. The van der Waals surface area contributed by atoms with E-state index in [-0.39, 0.29) is 15.8 Å². The second-order valence-electron chi connectivity index (χ2n) is 4.15. The summed E-state index contributed by atoms with van der Waals surface area (Å²) in [5.41, 5.74) is 1.22. The van der Waals surface area contributed by atoms with E-state index in [2.05, 4.69) is 19.6 Å². The summed E-state index contributed by atoms with van der Waals surface area (Å²) in [6.45, 7) is 0. The lowest BCUT2D eigenvalue weighted by Crippen LogP contribution is -1.78. The van der Waals surface area contributed by atoms with Gasteiger partial charge < -0.3 is 5.11 Å². The normalized spacial score (nSPS) is 11.1. The molecule has 0 aliphatic heterocycles. The average Bonchev–Trinajstić information content (AvgIpc) is 2.91. The highest BCUT2D eigenvalue weighted by molar-refractivity contribution is 7.11. The van der Waals surface area contributed by atoms with E-state index in [1.807, 2.05) is 6.07 Å². The minimum Gasteiger partial charge on any atom is -0.506 e. The highest BCUT2D eigenvalue weighted by Crippen LogP contribution is 2.37. The Hall–Kier alpha value is -2.27. The quantitative estimate of drug-likeness (QED) is 0.659. The summed E-state index contributed by atoms with van der Waals surface area (Å²) in [5, 5.41) is 27.9. The maximum atomic E-state index is 9.44. The predicted molar refractivity (Wildman–Crippen MR) is 84.4 cm³/mol. The Kier molecular flexibility index (Phi) is 3.90. The van der Waals surface area contributed by atoms with Gasteiger partial charge in [0.1, 0.15) is 17.5 Å². The molecule has 0 spiro atoms. The van der Waals surface area contributed by atoms with Crippen LogP contribution in [-0.4, -0.2) is 14.5 Å². The van der Waals surface area contributed by atoms with Crippen LogP contribution in [0.3, 0.4) is 0 Å². The van der Waals surface area contributed by atoms with Crippen molar-refractivity contribution in [3.05, 3.63) is 40.0 Å². The fourth-order valence-electron chi connectivity index (χ4n) is 1.66. The smallest absolute Gasteiger partial charge is 0.175 e. The lowest BCUT2D eigenvalue weighted by Gasteiger charge is -2.00. The van der Waals surface area contributed by atoms with Crippen molar-refractivity contribution >= 4 is 56.5 Å². The third-order valence-corrected chi connectivity index (χ3v) is 4.05. The lowest BCUT2D eigenvalue weighted by molar-refractivity contribution is 0.475. The van der Waals surface area contributed by atoms with Crippen molar-refractivity contribution in [1.29, 1.82) is 5.26 Å². The summed E-state index contributed by atoms with van der Waals surface area (Å²) < 4.78 is 4.13. The number of pyridine rings is 1. The number of phenols is 1. The van der Waals surface area contributed by atoms with Gasteiger partial charge in [-0.3, -0.25) is 0 Å². The van der Waals surface area contributed by atoms with Crippen molar-refractivity contribution in [1.82, 2.24) is 9.36 Å². The van der Waals surface area contributed by atoms with Crippen molar-refractivity contribution in [3.8, 4) is 11.8 Å². The van der Waals surface area contributed by atoms with Crippen LogP contribution in [0.2, 0.25) is 10.0 Å². The fraction of sp³-hybridized carbons (Fsp3) is 0. The molecule has 6 nitrogen and oxygen atoms in total. The molecule has 0 radical (unpaired) electrons. The molecule has 0 amide bonds. The van der Waals surface area contributed by atoms with Crippen LogP contribution in [-0.2, 0) is 0 Å². The Labute approximate surface area is 138 Å². The van der Waals surface area contributed by atoms with Gasteiger partial charge >= 0.3 is 0 Å². The number of halogens is 2. The predicted octanol–water partition coefficient (Wildman–Crippen LogP) is 4.99. The first-order chi connectivity index (χ1) is 10.6. The third-order valence-electron chi connectivity index (χ3n) is 2.71. The number of azo groups is 1. The van der Waals surface area contributed by atoms with Gasteiger partial charge in [-0.1, -0.05) is 23.2 Å².